The predicted octanol–water partition coefficient (Wildman–Crippen LogP) is 3.42. The van der Waals surface area contributed by atoms with Gasteiger partial charge in [0.1, 0.15) is 11.3 Å². The Morgan fingerprint density at radius 1 is 1.25 bits per heavy atom. The van der Waals surface area contributed by atoms with Gasteiger partial charge in [-0.2, -0.15) is 0 Å². The number of nitrogens with one attached hydrogen (secondary N) is 1. The molecule has 1 aromatic carbocycles. The Labute approximate surface area is 122 Å². The highest BCUT2D eigenvalue weighted by molar-refractivity contribution is 5.78. The normalized spacial score (nSPS) is 11.9. The zero-order valence-electron chi connectivity index (χ0n) is 13.1. The van der Waals surface area contributed by atoms with Crippen molar-refractivity contribution in [2.24, 2.45) is 5.92 Å². The van der Waals surface area contributed by atoms with Crippen LogP contribution in [0.1, 0.15) is 25.2 Å². The fraction of sp³-hybridized carbons (Fsp3) is 0.529. The van der Waals surface area contributed by atoms with Crippen molar-refractivity contribution in [1.82, 2.24) is 10.2 Å². The fourth-order valence-corrected chi connectivity index (χ4v) is 2.30. The highest BCUT2D eigenvalue weighted by Crippen LogP contribution is 2.21. The third-order valence-corrected chi connectivity index (χ3v) is 3.37. The molecule has 0 aliphatic carbocycles. The van der Waals surface area contributed by atoms with Crippen LogP contribution in [0.4, 0.5) is 0 Å². The van der Waals surface area contributed by atoms with Crippen LogP contribution in [-0.4, -0.2) is 31.6 Å². The van der Waals surface area contributed by atoms with Crippen LogP contribution in [0.3, 0.4) is 0 Å². The maximum atomic E-state index is 5.88. The molecule has 1 aromatic heterocycles. The van der Waals surface area contributed by atoms with Gasteiger partial charge in [0.15, 0.2) is 0 Å². The molecule has 3 heteroatoms. The summed E-state index contributed by atoms with van der Waals surface area (Å²) < 4.78 is 5.88. The third-order valence-electron chi connectivity index (χ3n) is 3.37. The van der Waals surface area contributed by atoms with Crippen LogP contribution in [0, 0.1) is 12.8 Å². The molecular weight excluding hydrogens is 248 g/mol. The molecule has 0 radical (unpaired) electrons. The molecule has 0 saturated carbocycles. The molecule has 0 atom stereocenters. The summed E-state index contributed by atoms with van der Waals surface area (Å²) in [6, 6.07) is 8.47. The minimum absolute atomic E-state index is 0.707. The second-order valence-corrected chi connectivity index (χ2v) is 6.09. The van der Waals surface area contributed by atoms with Gasteiger partial charge < -0.3 is 9.73 Å². The topological polar surface area (TPSA) is 28.4 Å². The number of fused-ring (bicyclic) bond motifs is 1. The van der Waals surface area contributed by atoms with Crippen molar-refractivity contribution in [2.75, 3.05) is 26.7 Å². The molecule has 110 valence electrons. The third kappa shape index (κ3) is 4.36. The number of hydrogen-bond acceptors (Lipinski definition) is 3. The molecule has 0 aliphatic rings. The predicted molar refractivity (Wildman–Crippen MR) is 85.0 cm³/mol. The van der Waals surface area contributed by atoms with E-state index < -0.39 is 0 Å². The van der Waals surface area contributed by atoms with E-state index in [1.165, 1.54) is 10.9 Å². The molecule has 20 heavy (non-hydrogen) atoms. The molecule has 2 rings (SSSR count). The van der Waals surface area contributed by atoms with Gasteiger partial charge >= 0.3 is 0 Å². The van der Waals surface area contributed by atoms with Crippen LogP contribution in [0.5, 0.6) is 0 Å². The second kappa shape index (κ2) is 6.91. The van der Waals surface area contributed by atoms with Crippen molar-refractivity contribution in [3.63, 3.8) is 0 Å². The fourth-order valence-electron chi connectivity index (χ4n) is 2.30. The number of rotatable bonds is 7. The molecule has 0 fully saturated rings. The Kier molecular flexibility index (Phi) is 5.21. The SMILES string of the molecule is Cc1ccc2oc(CN(C)CCNCC(C)C)cc2c1. The van der Waals surface area contributed by atoms with Crippen LogP contribution in [0.15, 0.2) is 28.7 Å². The van der Waals surface area contributed by atoms with Gasteiger partial charge in [-0.3, -0.25) is 4.90 Å². The van der Waals surface area contributed by atoms with Crippen molar-refractivity contribution in [2.45, 2.75) is 27.3 Å². The zero-order chi connectivity index (χ0) is 14.5. The number of furan rings is 1. The van der Waals surface area contributed by atoms with Crippen molar-refractivity contribution in [1.29, 1.82) is 0 Å². The molecule has 0 spiro atoms. The molecule has 0 aliphatic heterocycles. The van der Waals surface area contributed by atoms with E-state index in [9.17, 15) is 0 Å². The van der Waals surface area contributed by atoms with E-state index in [-0.39, 0.29) is 0 Å². The Bertz CT molecular complexity index is 545. The Morgan fingerprint density at radius 2 is 2.05 bits per heavy atom. The molecule has 0 bridgehead atoms. The maximum absolute atomic E-state index is 5.88. The summed E-state index contributed by atoms with van der Waals surface area (Å²) in [6.45, 7) is 10.6. The Balaban J connectivity index is 1.84. The first-order valence-electron chi connectivity index (χ1n) is 7.43. The average molecular weight is 274 g/mol. The van der Waals surface area contributed by atoms with Crippen molar-refractivity contribution in [3.8, 4) is 0 Å². The summed E-state index contributed by atoms with van der Waals surface area (Å²) >= 11 is 0. The van der Waals surface area contributed by atoms with E-state index in [1.54, 1.807) is 0 Å². The van der Waals surface area contributed by atoms with Crippen molar-refractivity contribution < 1.29 is 4.42 Å². The summed E-state index contributed by atoms with van der Waals surface area (Å²) in [5.41, 5.74) is 2.26. The van der Waals surface area contributed by atoms with Gasteiger partial charge in [0.05, 0.1) is 6.54 Å². The summed E-state index contributed by atoms with van der Waals surface area (Å²) in [5.74, 6) is 1.75. The Hall–Kier alpha value is -1.32. The monoisotopic (exact) mass is 274 g/mol. The van der Waals surface area contributed by atoms with Crippen molar-refractivity contribution >= 4 is 11.0 Å². The molecule has 0 saturated heterocycles. The van der Waals surface area contributed by atoms with E-state index in [1.807, 2.05) is 0 Å². The van der Waals surface area contributed by atoms with E-state index in [0.717, 1.165) is 37.5 Å². The lowest BCUT2D eigenvalue weighted by Crippen LogP contribution is -2.30. The van der Waals surface area contributed by atoms with Gasteiger partial charge in [-0.1, -0.05) is 25.5 Å². The van der Waals surface area contributed by atoms with Crippen LogP contribution < -0.4 is 5.32 Å². The Morgan fingerprint density at radius 3 is 2.80 bits per heavy atom. The summed E-state index contributed by atoms with van der Waals surface area (Å²) in [5, 5.41) is 4.66. The lowest BCUT2D eigenvalue weighted by molar-refractivity contribution is 0.296. The quantitative estimate of drug-likeness (QED) is 0.784. The van der Waals surface area contributed by atoms with Crippen LogP contribution >= 0.6 is 0 Å². The van der Waals surface area contributed by atoms with Gasteiger partial charge in [0, 0.05) is 18.5 Å². The van der Waals surface area contributed by atoms with Gasteiger partial charge in [0.2, 0.25) is 0 Å². The second-order valence-electron chi connectivity index (χ2n) is 6.09. The number of nitrogens with zero attached hydrogens (tertiary/aromatic N) is 1. The zero-order valence-corrected chi connectivity index (χ0v) is 13.1. The minimum atomic E-state index is 0.707. The number of aryl methyl sites for hydroxylation is 1. The molecular formula is C17H26N2O. The summed E-state index contributed by atoms with van der Waals surface area (Å²) in [7, 11) is 2.13. The standard InChI is InChI=1S/C17H26N2O/c1-13(2)11-18-7-8-19(4)12-16-10-15-9-14(3)5-6-17(15)20-16/h5-6,9-10,13,18H,7-8,11-12H2,1-4H3. The molecule has 1 heterocycles. The van der Waals surface area contributed by atoms with E-state index in [0.29, 0.717) is 5.92 Å². The lowest BCUT2D eigenvalue weighted by Gasteiger charge is -2.16. The molecule has 0 amide bonds. The largest absolute Gasteiger partial charge is 0.460 e. The van der Waals surface area contributed by atoms with Crippen LogP contribution in [0.25, 0.3) is 11.0 Å². The highest BCUT2D eigenvalue weighted by Gasteiger charge is 2.07. The van der Waals surface area contributed by atoms with E-state index in [2.05, 4.69) is 62.3 Å². The average Bonchev–Trinajstić information content (AvgIpc) is 2.75. The number of hydrogen-bond donors (Lipinski definition) is 1. The number of likely N-dealkylation sites (N-methyl/N-ethyl adjacent to an activating group) is 1. The van der Waals surface area contributed by atoms with E-state index >= 15 is 0 Å². The number of benzene rings is 1. The smallest absolute Gasteiger partial charge is 0.134 e. The van der Waals surface area contributed by atoms with Gasteiger partial charge in [-0.15, -0.1) is 0 Å². The van der Waals surface area contributed by atoms with Gasteiger partial charge in [-0.25, -0.2) is 0 Å². The summed E-state index contributed by atoms with van der Waals surface area (Å²) in [6.07, 6.45) is 0. The first kappa shape index (κ1) is 15.1. The first-order valence-corrected chi connectivity index (χ1v) is 7.43. The summed E-state index contributed by atoms with van der Waals surface area (Å²) in [4.78, 5) is 2.29. The first-order chi connectivity index (χ1) is 9.54. The van der Waals surface area contributed by atoms with Gasteiger partial charge in [-0.05, 0) is 44.6 Å². The van der Waals surface area contributed by atoms with Gasteiger partial charge in [0.25, 0.3) is 0 Å². The molecule has 1 N–H and O–H groups in total. The lowest BCUT2D eigenvalue weighted by atomic mass is 10.2. The molecule has 0 unspecified atom stereocenters. The minimum Gasteiger partial charge on any atom is -0.460 e. The van der Waals surface area contributed by atoms with Crippen LogP contribution in [-0.2, 0) is 6.54 Å². The van der Waals surface area contributed by atoms with E-state index in [4.69, 9.17) is 4.42 Å². The molecule has 3 nitrogen and oxygen atoms in total. The van der Waals surface area contributed by atoms with Crippen LogP contribution in [0.2, 0.25) is 0 Å². The highest BCUT2D eigenvalue weighted by atomic mass is 16.3. The molecule has 2 aromatic rings. The maximum Gasteiger partial charge on any atom is 0.134 e. The van der Waals surface area contributed by atoms with Crippen molar-refractivity contribution in [3.05, 3.63) is 35.6 Å².